The fourth-order valence-electron chi connectivity index (χ4n) is 1.47. The van der Waals surface area contributed by atoms with E-state index in [1.165, 1.54) is 0 Å². The molecule has 2 aromatic rings. The van der Waals surface area contributed by atoms with Crippen molar-refractivity contribution in [3.05, 3.63) is 44.0 Å². The number of rotatable bonds is 7. The van der Waals surface area contributed by atoms with Crippen molar-refractivity contribution < 1.29 is 13.9 Å². The SMILES string of the molecule is O=C(NCCCOCc1ccco1)c1csc(I)c1. The molecule has 1 N–H and O–H groups in total. The summed E-state index contributed by atoms with van der Waals surface area (Å²) in [4.78, 5) is 11.7. The molecule has 2 rings (SSSR count). The summed E-state index contributed by atoms with van der Waals surface area (Å²) in [6.07, 6.45) is 2.41. The summed E-state index contributed by atoms with van der Waals surface area (Å²) in [6, 6.07) is 5.59. The Morgan fingerprint density at radius 3 is 3.11 bits per heavy atom. The normalized spacial score (nSPS) is 10.6. The van der Waals surface area contributed by atoms with Gasteiger partial charge in [0.2, 0.25) is 0 Å². The minimum absolute atomic E-state index is 0.0230. The van der Waals surface area contributed by atoms with Crippen LogP contribution in [-0.2, 0) is 11.3 Å². The molecule has 0 aromatic carbocycles. The largest absolute Gasteiger partial charge is 0.467 e. The maximum atomic E-state index is 11.7. The van der Waals surface area contributed by atoms with Gasteiger partial charge in [0.25, 0.3) is 5.91 Å². The van der Waals surface area contributed by atoms with E-state index in [-0.39, 0.29) is 5.91 Å². The molecule has 0 aliphatic heterocycles. The molecule has 2 heterocycles. The van der Waals surface area contributed by atoms with E-state index in [2.05, 4.69) is 27.9 Å². The Morgan fingerprint density at radius 2 is 2.42 bits per heavy atom. The number of furan rings is 1. The lowest BCUT2D eigenvalue weighted by Crippen LogP contribution is -2.24. The van der Waals surface area contributed by atoms with Crippen molar-refractivity contribution in [3.63, 3.8) is 0 Å². The van der Waals surface area contributed by atoms with Gasteiger partial charge in [-0.25, -0.2) is 0 Å². The fourth-order valence-corrected chi connectivity index (χ4v) is 2.80. The summed E-state index contributed by atoms with van der Waals surface area (Å²) in [7, 11) is 0. The number of hydrogen-bond donors (Lipinski definition) is 1. The highest BCUT2D eigenvalue weighted by Gasteiger charge is 2.06. The number of thiophene rings is 1. The highest BCUT2D eigenvalue weighted by atomic mass is 127. The zero-order valence-corrected chi connectivity index (χ0v) is 13.2. The molecule has 6 heteroatoms. The Morgan fingerprint density at radius 1 is 1.53 bits per heavy atom. The molecule has 0 bridgehead atoms. The van der Waals surface area contributed by atoms with Crippen molar-refractivity contribution in [3.8, 4) is 0 Å². The standard InChI is InChI=1S/C13H14INO3S/c14-12-7-10(9-19-12)13(16)15-4-2-5-17-8-11-3-1-6-18-11/h1,3,6-7,9H,2,4-5,8H2,(H,15,16). The first kappa shape index (κ1) is 14.5. The molecule has 2 aromatic heterocycles. The Balaban J connectivity index is 1.55. The number of carbonyl (C=O) groups excluding carboxylic acids is 1. The van der Waals surface area contributed by atoms with Crippen LogP contribution in [0.25, 0.3) is 0 Å². The van der Waals surface area contributed by atoms with Gasteiger partial charge < -0.3 is 14.5 Å². The lowest BCUT2D eigenvalue weighted by atomic mass is 10.3. The summed E-state index contributed by atoms with van der Waals surface area (Å²) in [5, 5.41) is 4.73. The van der Waals surface area contributed by atoms with E-state index in [1.807, 2.05) is 23.6 Å². The van der Waals surface area contributed by atoms with Crippen LogP contribution in [0.2, 0.25) is 0 Å². The third-order valence-electron chi connectivity index (χ3n) is 2.41. The molecule has 0 fully saturated rings. The van der Waals surface area contributed by atoms with E-state index >= 15 is 0 Å². The van der Waals surface area contributed by atoms with E-state index in [9.17, 15) is 4.79 Å². The molecular formula is C13H14INO3S. The number of nitrogens with one attached hydrogen (secondary N) is 1. The quantitative estimate of drug-likeness (QED) is 0.582. The maximum absolute atomic E-state index is 11.7. The van der Waals surface area contributed by atoms with Gasteiger partial charge in [0, 0.05) is 18.5 Å². The number of hydrogen-bond acceptors (Lipinski definition) is 4. The van der Waals surface area contributed by atoms with Crippen LogP contribution in [-0.4, -0.2) is 19.1 Å². The van der Waals surface area contributed by atoms with E-state index < -0.39 is 0 Å². The van der Waals surface area contributed by atoms with Gasteiger partial charge in [-0.15, -0.1) is 11.3 Å². The lowest BCUT2D eigenvalue weighted by Gasteiger charge is -2.04. The predicted molar refractivity (Wildman–Crippen MR) is 82.4 cm³/mol. The van der Waals surface area contributed by atoms with Crippen LogP contribution in [0.1, 0.15) is 22.5 Å². The fraction of sp³-hybridized carbons (Fsp3) is 0.308. The van der Waals surface area contributed by atoms with Crippen LogP contribution >= 0.6 is 33.9 Å². The first-order valence-corrected chi connectivity index (χ1v) is 7.84. The number of ether oxygens (including phenoxy) is 1. The molecule has 0 saturated carbocycles. The van der Waals surface area contributed by atoms with Crippen LogP contribution in [0.5, 0.6) is 0 Å². The Labute approximate surface area is 129 Å². The molecular weight excluding hydrogens is 377 g/mol. The highest BCUT2D eigenvalue weighted by molar-refractivity contribution is 14.1. The second kappa shape index (κ2) is 7.66. The van der Waals surface area contributed by atoms with Gasteiger partial charge in [0.1, 0.15) is 12.4 Å². The molecule has 19 heavy (non-hydrogen) atoms. The summed E-state index contributed by atoms with van der Waals surface area (Å²) < 4.78 is 11.7. The van der Waals surface area contributed by atoms with Crippen molar-refractivity contribution in [1.82, 2.24) is 5.32 Å². The van der Waals surface area contributed by atoms with Crippen LogP contribution in [0.4, 0.5) is 0 Å². The maximum Gasteiger partial charge on any atom is 0.252 e. The third-order valence-corrected chi connectivity index (χ3v) is 4.19. The molecule has 0 saturated heterocycles. The van der Waals surface area contributed by atoms with Gasteiger partial charge >= 0.3 is 0 Å². The van der Waals surface area contributed by atoms with E-state index in [0.717, 1.165) is 20.6 Å². The van der Waals surface area contributed by atoms with Gasteiger partial charge in [0.05, 0.1) is 14.7 Å². The van der Waals surface area contributed by atoms with Crippen molar-refractivity contribution >= 4 is 39.8 Å². The smallest absolute Gasteiger partial charge is 0.252 e. The van der Waals surface area contributed by atoms with Crippen molar-refractivity contribution in [2.24, 2.45) is 0 Å². The Bertz CT molecular complexity index is 510. The average molecular weight is 391 g/mol. The van der Waals surface area contributed by atoms with Crippen molar-refractivity contribution in [1.29, 1.82) is 0 Å². The Hall–Kier alpha value is -0.860. The Kier molecular flexibility index (Phi) is 5.87. The second-order valence-electron chi connectivity index (χ2n) is 3.88. The van der Waals surface area contributed by atoms with Crippen LogP contribution in [0.3, 0.4) is 0 Å². The van der Waals surface area contributed by atoms with E-state index in [4.69, 9.17) is 9.15 Å². The second-order valence-corrected chi connectivity index (χ2v) is 6.69. The summed E-state index contributed by atoms with van der Waals surface area (Å²) in [6.45, 7) is 1.69. The van der Waals surface area contributed by atoms with Gasteiger partial charge in [0.15, 0.2) is 0 Å². The lowest BCUT2D eigenvalue weighted by molar-refractivity contribution is 0.0917. The zero-order chi connectivity index (χ0) is 13.5. The summed E-state index contributed by atoms with van der Waals surface area (Å²) >= 11 is 3.77. The highest BCUT2D eigenvalue weighted by Crippen LogP contribution is 2.16. The monoisotopic (exact) mass is 391 g/mol. The van der Waals surface area contributed by atoms with Gasteiger partial charge in [-0.05, 0) is 47.2 Å². The minimum atomic E-state index is -0.0230. The molecule has 1 amide bonds. The molecule has 4 nitrogen and oxygen atoms in total. The molecule has 0 radical (unpaired) electrons. The van der Waals surface area contributed by atoms with Crippen molar-refractivity contribution in [2.45, 2.75) is 13.0 Å². The third kappa shape index (κ3) is 4.96. The van der Waals surface area contributed by atoms with E-state index in [1.54, 1.807) is 17.6 Å². The first-order chi connectivity index (χ1) is 9.25. The van der Waals surface area contributed by atoms with Crippen LogP contribution < -0.4 is 5.32 Å². The number of carbonyl (C=O) groups is 1. The van der Waals surface area contributed by atoms with Crippen LogP contribution in [0, 0.1) is 2.88 Å². The van der Waals surface area contributed by atoms with Crippen LogP contribution in [0.15, 0.2) is 34.3 Å². The number of halogens is 1. The topological polar surface area (TPSA) is 51.5 Å². The van der Waals surface area contributed by atoms with Gasteiger partial charge in [-0.1, -0.05) is 0 Å². The molecule has 0 atom stereocenters. The van der Waals surface area contributed by atoms with Gasteiger partial charge in [-0.3, -0.25) is 4.79 Å². The molecule has 102 valence electrons. The summed E-state index contributed by atoms with van der Waals surface area (Å²) in [5.74, 6) is 0.794. The zero-order valence-electron chi connectivity index (χ0n) is 10.2. The molecule has 0 unspecified atom stereocenters. The predicted octanol–water partition coefficient (Wildman–Crippen LogP) is 3.28. The van der Waals surface area contributed by atoms with Gasteiger partial charge in [-0.2, -0.15) is 0 Å². The molecule has 0 aliphatic rings. The average Bonchev–Trinajstić information content (AvgIpc) is 3.04. The molecule has 0 aliphatic carbocycles. The summed E-state index contributed by atoms with van der Waals surface area (Å²) in [5.41, 5.74) is 0.728. The first-order valence-electron chi connectivity index (χ1n) is 5.88. The minimum Gasteiger partial charge on any atom is -0.467 e. The molecule has 0 spiro atoms. The van der Waals surface area contributed by atoms with Crippen molar-refractivity contribution in [2.75, 3.05) is 13.2 Å². The van der Waals surface area contributed by atoms with E-state index in [0.29, 0.717) is 19.8 Å². The number of amides is 1.